The third-order valence-corrected chi connectivity index (χ3v) is 4.14. The lowest BCUT2D eigenvalue weighted by molar-refractivity contribution is 0.0890. The van der Waals surface area contributed by atoms with E-state index in [4.69, 9.17) is 0 Å². The molecular weight excluding hydrogens is 196 g/mol. The van der Waals surface area contributed by atoms with Crippen molar-refractivity contribution in [2.45, 2.75) is 58.9 Å². The minimum absolute atomic E-state index is 0.549. The number of rotatable bonds is 6. The average Bonchev–Trinajstić information content (AvgIpc) is 2.27. The van der Waals surface area contributed by atoms with Crippen molar-refractivity contribution in [2.24, 2.45) is 5.41 Å². The molecule has 96 valence electrons. The molecule has 0 aromatic rings. The van der Waals surface area contributed by atoms with Gasteiger partial charge in [0, 0.05) is 19.1 Å². The molecule has 1 saturated carbocycles. The van der Waals surface area contributed by atoms with E-state index in [0.29, 0.717) is 11.5 Å². The zero-order valence-electron chi connectivity index (χ0n) is 11.7. The maximum Gasteiger partial charge on any atom is 0.00527 e. The van der Waals surface area contributed by atoms with Crippen LogP contribution >= 0.6 is 0 Å². The summed E-state index contributed by atoms with van der Waals surface area (Å²) in [6, 6.07) is 0.681. The molecule has 0 radical (unpaired) electrons. The largest absolute Gasteiger partial charge is 0.319 e. The molecule has 2 heteroatoms. The van der Waals surface area contributed by atoms with E-state index in [-0.39, 0.29) is 0 Å². The summed E-state index contributed by atoms with van der Waals surface area (Å²) in [6.07, 6.45) is 7.13. The lowest BCUT2D eigenvalue weighted by Crippen LogP contribution is -2.46. The highest BCUT2D eigenvalue weighted by Crippen LogP contribution is 2.36. The van der Waals surface area contributed by atoms with Crippen LogP contribution in [0.3, 0.4) is 0 Å². The number of nitrogens with one attached hydrogen (secondary N) is 1. The molecule has 0 saturated heterocycles. The topological polar surface area (TPSA) is 15.3 Å². The highest BCUT2D eigenvalue weighted by Gasteiger charge is 2.33. The Hall–Kier alpha value is -0.0800. The third-order valence-electron chi connectivity index (χ3n) is 4.14. The van der Waals surface area contributed by atoms with Gasteiger partial charge in [-0.2, -0.15) is 0 Å². The molecule has 0 aromatic heterocycles. The molecule has 0 unspecified atom stereocenters. The fourth-order valence-corrected chi connectivity index (χ4v) is 3.16. The van der Waals surface area contributed by atoms with Crippen LogP contribution in [-0.4, -0.2) is 37.6 Å². The highest BCUT2D eigenvalue weighted by atomic mass is 15.2. The van der Waals surface area contributed by atoms with Gasteiger partial charge in [-0.3, -0.25) is 0 Å². The van der Waals surface area contributed by atoms with Gasteiger partial charge in [0.05, 0.1) is 0 Å². The SMILES string of the molecule is CCN(CC1(CNC)CCCCC1)C(C)C. The molecule has 0 spiro atoms. The van der Waals surface area contributed by atoms with Gasteiger partial charge in [0.15, 0.2) is 0 Å². The van der Waals surface area contributed by atoms with Crippen molar-refractivity contribution in [2.75, 3.05) is 26.7 Å². The maximum atomic E-state index is 3.42. The Morgan fingerprint density at radius 3 is 2.25 bits per heavy atom. The van der Waals surface area contributed by atoms with Crippen LogP contribution in [0.5, 0.6) is 0 Å². The third kappa shape index (κ3) is 3.74. The first-order valence-electron chi connectivity index (χ1n) is 7.02. The fraction of sp³-hybridized carbons (Fsp3) is 1.00. The molecule has 1 N–H and O–H groups in total. The molecule has 0 atom stereocenters. The van der Waals surface area contributed by atoms with Crippen LogP contribution in [0.2, 0.25) is 0 Å². The minimum atomic E-state index is 0.549. The lowest BCUT2D eigenvalue weighted by atomic mass is 9.73. The number of hydrogen-bond acceptors (Lipinski definition) is 2. The maximum absolute atomic E-state index is 3.42. The number of nitrogens with zero attached hydrogens (tertiary/aromatic N) is 1. The van der Waals surface area contributed by atoms with Crippen molar-refractivity contribution < 1.29 is 0 Å². The fourth-order valence-electron chi connectivity index (χ4n) is 3.16. The van der Waals surface area contributed by atoms with Crippen LogP contribution in [0.4, 0.5) is 0 Å². The summed E-state index contributed by atoms with van der Waals surface area (Å²) < 4.78 is 0. The molecule has 0 aromatic carbocycles. The molecule has 16 heavy (non-hydrogen) atoms. The van der Waals surface area contributed by atoms with Gasteiger partial charge >= 0.3 is 0 Å². The molecule has 0 aliphatic heterocycles. The quantitative estimate of drug-likeness (QED) is 0.749. The van der Waals surface area contributed by atoms with Gasteiger partial charge in [-0.25, -0.2) is 0 Å². The Kier molecular flexibility index (Phi) is 5.77. The molecule has 0 bridgehead atoms. The summed E-state index contributed by atoms with van der Waals surface area (Å²) in [6.45, 7) is 10.6. The van der Waals surface area contributed by atoms with Crippen molar-refractivity contribution in [3.05, 3.63) is 0 Å². The molecule has 0 amide bonds. The van der Waals surface area contributed by atoms with Gasteiger partial charge in [0.2, 0.25) is 0 Å². The van der Waals surface area contributed by atoms with E-state index >= 15 is 0 Å². The predicted molar refractivity (Wildman–Crippen MR) is 71.8 cm³/mol. The Labute approximate surface area is 102 Å². The van der Waals surface area contributed by atoms with Crippen molar-refractivity contribution in [3.63, 3.8) is 0 Å². The molecule has 1 aliphatic rings. The van der Waals surface area contributed by atoms with E-state index < -0.39 is 0 Å². The monoisotopic (exact) mass is 226 g/mol. The summed E-state index contributed by atoms with van der Waals surface area (Å²) in [4.78, 5) is 2.63. The molecule has 1 fully saturated rings. The summed E-state index contributed by atoms with van der Waals surface area (Å²) in [5, 5.41) is 3.42. The van der Waals surface area contributed by atoms with Crippen molar-refractivity contribution in [1.82, 2.24) is 10.2 Å². The molecule has 1 aliphatic carbocycles. The first kappa shape index (κ1) is 14.0. The second-order valence-corrected chi connectivity index (χ2v) is 5.75. The molecule has 1 rings (SSSR count). The first-order valence-corrected chi connectivity index (χ1v) is 7.02. The molecule has 2 nitrogen and oxygen atoms in total. The van der Waals surface area contributed by atoms with E-state index in [0.717, 1.165) is 0 Å². The summed E-state index contributed by atoms with van der Waals surface area (Å²) in [5.41, 5.74) is 0.549. The second kappa shape index (κ2) is 6.61. The van der Waals surface area contributed by atoms with Gasteiger partial charge < -0.3 is 10.2 Å². The lowest BCUT2D eigenvalue weighted by Gasteiger charge is -2.42. The Bertz CT molecular complexity index is 178. The van der Waals surface area contributed by atoms with Crippen LogP contribution in [0, 0.1) is 5.41 Å². The Balaban J connectivity index is 2.61. The van der Waals surface area contributed by atoms with Gasteiger partial charge in [-0.1, -0.05) is 26.2 Å². The highest BCUT2D eigenvalue weighted by molar-refractivity contribution is 4.88. The van der Waals surface area contributed by atoms with Crippen LogP contribution in [0.15, 0.2) is 0 Å². The van der Waals surface area contributed by atoms with Crippen molar-refractivity contribution in [3.8, 4) is 0 Å². The van der Waals surface area contributed by atoms with Gasteiger partial charge in [-0.15, -0.1) is 0 Å². The summed E-state index contributed by atoms with van der Waals surface area (Å²) in [5.74, 6) is 0. The van der Waals surface area contributed by atoms with Crippen molar-refractivity contribution in [1.29, 1.82) is 0 Å². The van der Waals surface area contributed by atoms with E-state index in [1.54, 1.807) is 0 Å². The minimum Gasteiger partial charge on any atom is -0.319 e. The van der Waals surface area contributed by atoms with Crippen LogP contribution in [-0.2, 0) is 0 Å². The van der Waals surface area contributed by atoms with Gasteiger partial charge in [0.1, 0.15) is 0 Å². The summed E-state index contributed by atoms with van der Waals surface area (Å²) in [7, 11) is 2.10. The van der Waals surface area contributed by atoms with Gasteiger partial charge in [-0.05, 0) is 45.7 Å². The average molecular weight is 226 g/mol. The number of hydrogen-bond donors (Lipinski definition) is 1. The zero-order chi connectivity index (χ0) is 12.0. The molecular formula is C14H30N2. The van der Waals surface area contributed by atoms with E-state index in [2.05, 4.69) is 38.0 Å². The molecule has 0 heterocycles. The van der Waals surface area contributed by atoms with Crippen molar-refractivity contribution >= 4 is 0 Å². The predicted octanol–water partition coefficient (Wildman–Crippen LogP) is 2.89. The van der Waals surface area contributed by atoms with E-state index in [1.807, 2.05) is 0 Å². The van der Waals surface area contributed by atoms with Gasteiger partial charge in [0.25, 0.3) is 0 Å². The van der Waals surface area contributed by atoms with E-state index in [9.17, 15) is 0 Å². The van der Waals surface area contributed by atoms with Crippen LogP contribution in [0.1, 0.15) is 52.9 Å². The zero-order valence-corrected chi connectivity index (χ0v) is 11.7. The normalized spacial score (nSPS) is 20.6. The standard InChI is InChI=1S/C14H30N2/c1-5-16(13(2)3)12-14(11-15-4)9-7-6-8-10-14/h13,15H,5-12H2,1-4H3. The second-order valence-electron chi connectivity index (χ2n) is 5.75. The smallest absolute Gasteiger partial charge is 0.00527 e. The van der Waals surface area contributed by atoms with E-state index in [1.165, 1.54) is 51.7 Å². The first-order chi connectivity index (χ1) is 7.63. The Morgan fingerprint density at radius 2 is 1.81 bits per heavy atom. The van der Waals surface area contributed by atoms with Crippen LogP contribution in [0.25, 0.3) is 0 Å². The summed E-state index contributed by atoms with van der Waals surface area (Å²) >= 11 is 0. The van der Waals surface area contributed by atoms with Crippen LogP contribution < -0.4 is 5.32 Å². The Morgan fingerprint density at radius 1 is 1.19 bits per heavy atom.